The Morgan fingerprint density at radius 2 is 2.40 bits per heavy atom. The van der Waals surface area contributed by atoms with Gasteiger partial charge in [0.15, 0.2) is 0 Å². The molecule has 1 nitrogen and oxygen atoms in total. The first kappa shape index (κ1) is 11.3. The number of carbonyl (C=O) groups excluding carboxylic acids is 1. The number of rotatable bonds is 2. The molecule has 1 aliphatic rings. The molecule has 1 aromatic heterocycles. The highest BCUT2D eigenvalue weighted by Crippen LogP contribution is 2.31. The number of hydrogen-bond donors (Lipinski definition) is 0. The monoisotopic (exact) mass is 286 g/mol. The van der Waals surface area contributed by atoms with E-state index < -0.39 is 0 Å². The molecule has 0 aliphatic heterocycles. The van der Waals surface area contributed by atoms with Gasteiger partial charge in [-0.2, -0.15) is 0 Å². The third kappa shape index (κ3) is 2.91. The molecule has 0 radical (unpaired) electrons. The minimum atomic E-state index is 0.277. The van der Waals surface area contributed by atoms with Crippen LogP contribution in [-0.2, 0) is 11.2 Å². The molecular weight excluding hydrogens is 272 g/mol. The smallest absolute Gasteiger partial charge is 0.136 e. The Morgan fingerprint density at radius 1 is 1.60 bits per heavy atom. The summed E-state index contributed by atoms with van der Waals surface area (Å²) >= 11 is 5.20. The van der Waals surface area contributed by atoms with Gasteiger partial charge < -0.3 is 0 Å². The van der Waals surface area contributed by atoms with E-state index >= 15 is 0 Å². The van der Waals surface area contributed by atoms with Crippen molar-refractivity contribution in [3.05, 3.63) is 20.8 Å². The van der Waals surface area contributed by atoms with Crippen LogP contribution < -0.4 is 0 Å². The number of ketones is 1. The topological polar surface area (TPSA) is 17.1 Å². The highest BCUT2D eigenvalue weighted by molar-refractivity contribution is 9.10. The average molecular weight is 287 g/mol. The molecule has 1 aliphatic carbocycles. The van der Waals surface area contributed by atoms with E-state index in [0.717, 1.165) is 36.1 Å². The van der Waals surface area contributed by atoms with Crippen LogP contribution in [0.2, 0.25) is 0 Å². The first-order chi connectivity index (χ1) is 7.15. The molecule has 0 saturated heterocycles. The number of halogens is 1. The predicted octanol–water partition coefficient (Wildman–Crippen LogP) is 4.06. The lowest BCUT2D eigenvalue weighted by Crippen LogP contribution is -2.25. The van der Waals surface area contributed by atoms with E-state index in [1.807, 2.05) is 0 Å². The van der Waals surface area contributed by atoms with Crippen molar-refractivity contribution in [2.45, 2.75) is 32.6 Å². The summed E-state index contributed by atoms with van der Waals surface area (Å²) in [7, 11) is 0. The van der Waals surface area contributed by atoms with Gasteiger partial charge in [0.05, 0.1) is 0 Å². The third-order valence-electron chi connectivity index (χ3n) is 3.10. The lowest BCUT2D eigenvalue weighted by Gasteiger charge is -2.25. The fourth-order valence-electron chi connectivity index (χ4n) is 2.23. The minimum absolute atomic E-state index is 0.277. The maximum absolute atomic E-state index is 11.7. The highest BCUT2D eigenvalue weighted by atomic mass is 79.9. The molecule has 1 fully saturated rings. The number of hydrogen-bond acceptors (Lipinski definition) is 2. The fraction of sp³-hybridized carbons (Fsp3) is 0.583. The molecule has 82 valence electrons. The van der Waals surface area contributed by atoms with Crippen molar-refractivity contribution in [2.24, 2.45) is 11.8 Å². The van der Waals surface area contributed by atoms with Gasteiger partial charge in [-0.05, 0) is 47.2 Å². The van der Waals surface area contributed by atoms with Crippen LogP contribution in [0.4, 0.5) is 0 Å². The molecule has 1 saturated carbocycles. The largest absolute Gasteiger partial charge is 0.299 e. The Kier molecular flexibility index (Phi) is 3.62. The molecule has 15 heavy (non-hydrogen) atoms. The Morgan fingerprint density at radius 3 is 3.07 bits per heavy atom. The maximum Gasteiger partial charge on any atom is 0.136 e. The Labute approximate surface area is 103 Å². The zero-order valence-electron chi connectivity index (χ0n) is 8.83. The van der Waals surface area contributed by atoms with Gasteiger partial charge in [0.1, 0.15) is 5.78 Å². The van der Waals surface area contributed by atoms with Gasteiger partial charge in [-0.15, -0.1) is 11.3 Å². The van der Waals surface area contributed by atoms with Crippen LogP contribution in [0.25, 0.3) is 0 Å². The maximum atomic E-state index is 11.7. The molecule has 1 heterocycles. The van der Waals surface area contributed by atoms with E-state index in [4.69, 9.17) is 0 Å². The SMILES string of the molecule is CC1CCC(=O)C(Cc2cc(Br)cs2)C1. The summed E-state index contributed by atoms with van der Waals surface area (Å²) in [4.78, 5) is 13.1. The van der Waals surface area contributed by atoms with Gasteiger partial charge in [-0.1, -0.05) is 6.92 Å². The summed E-state index contributed by atoms with van der Waals surface area (Å²) in [5.41, 5.74) is 0. The van der Waals surface area contributed by atoms with Crippen LogP contribution in [0.5, 0.6) is 0 Å². The number of Topliss-reactive ketones (excluding diaryl/α,β-unsaturated/α-hetero) is 1. The van der Waals surface area contributed by atoms with Crippen molar-refractivity contribution < 1.29 is 4.79 Å². The first-order valence-electron chi connectivity index (χ1n) is 5.41. The summed E-state index contributed by atoms with van der Waals surface area (Å²) in [5, 5.41) is 2.09. The molecule has 1 aromatic rings. The molecule has 3 heteroatoms. The lowest BCUT2D eigenvalue weighted by molar-refractivity contribution is -0.125. The highest BCUT2D eigenvalue weighted by Gasteiger charge is 2.26. The van der Waals surface area contributed by atoms with Crippen molar-refractivity contribution >= 4 is 33.0 Å². The van der Waals surface area contributed by atoms with Crippen molar-refractivity contribution in [1.29, 1.82) is 0 Å². The molecule has 2 atom stereocenters. The van der Waals surface area contributed by atoms with Crippen molar-refractivity contribution in [3.8, 4) is 0 Å². The van der Waals surface area contributed by atoms with Gasteiger partial charge in [0.25, 0.3) is 0 Å². The normalized spacial score (nSPS) is 26.9. The third-order valence-corrected chi connectivity index (χ3v) is 4.82. The Balaban J connectivity index is 2.01. The minimum Gasteiger partial charge on any atom is -0.299 e. The van der Waals surface area contributed by atoms with Gasteiger partial charge in [-0.25, -0.2) is 0 Å². The van der Waals surface area contributed by atoms with Crippen molar-refractivity contribution in [1.82, 2.24) is 0 Å². The first-order valence-corrected chi connectivity index (χ1v) is 7.08. The van der Waals surface area contributed by atoms with Crippen LogP contribution in [-0.4, -0.2) is 5.78 Å². The van der Waals surface area contributed by atoms with Crippen LogP contribution in [0.3, 0.4) is 0 Å². The summed E-state index contributed by atoms with van der Waals surface area (Å²) in [5.74, 6) is 1.47. The summed E-state index contributed by atoms with van der Waals surface area (Å²) in [6, 6.07) is 2.14. The van der Waals surface area contributed by atoms with Crippen molar-refractivity contribution in [3.63, 3.8) is 0 Å². The Bertz CT molecular complexity index is 358. The average Bonchev–Trinajstić information content (AvgIpc) is 2.58. The van der Waals surface area contributed by atoms with E-state index in [2.05, 4.69) is 34.3 Å². The van der Waals surface area contributed by atoms with Gasteiger partial charge in [0.2, 0.25) is 0 Å². The lowest BCUT2D eigenvalue weighted by atomic mass is 9.79. The second kappa shape index (κ2) is 4.79. The fourth-order valence-corrected chi connectivity index (χ4v) is 3.76. The molecule has 0 N–H and O–H groups in total. The molecule has 2 rings (SSSR count). The molecule has 0 amide bonds. The van der Waals surface area contributed by atoms with Crippen LogP contribution in [0.1, 0.15) is 31.1 Å². The number of thiophene rings is 1. The standard InChI is InChI=1S/C12H15BrOS/c1-8-2-3-12(14)9(4-8)5-11-6-10(13)7-15-11/h6-9H,2-5H2,1H3. The summed E-state index contributed by atoms with van der Waals surface area (Å²) < 4.78 is 1.14. The zero-order valence-corrected chi connectivity index (χ0v) is 11.2. The van der Waals surface area contributed by atoms with Crippen molar-refractivity contribution in [2.75, 3.05) is 0 Å². The zero-order chi connectivity index (χ0) is 10.8. The quantitative estimate of drug-likeness (QED) is 0.801. The number of carbonyl (C=O) groups is 1. The van der Waals surface area contributed by atoms with E-state index in [0.29, 0.717) is 5.78 Å². The van der Waals surface area contributed by atoms with E-state index in [9.17, 15) is 4.79 Å². The van der Waals surface area contributed by atoms with E-state index in [-0.39, 0.29) is 5.92 Å². The molecule has 0 bridgehead atoms. The summed E-state index contributed by atoms with van der Waals surface area (Å²) in [6.45, 7) is 2.25. The molecule has 2 unspecified atom stereocenters. The van der Waals surface area contributed by atoms with Crippen LogP contribution >= 0.6 is 27.3 Å². The van der Waals surface area contributed by atoms with E-state index in [1.165, 1.54) is 4.88 Å². The van der Waals surface area contributed by atoms with Gasteiger partial charge in [0, 0.05) is 27.1 Å². The molecule has 0 spiro atoms. The Hall–Kier alpha value is -0.150. The second-order valence-corrected chi connectivity index (χ2v) is 6.39. The molecule has 0 aromatic carbocycles. The second-order valence-electron chi connectivity index (χ2n) is 4.48. The van der Waals surface area contributed by atoms with E-state index in [1.54, 1.807) is 11.3 Å². The van der Waals surface area contributed by atoms with Gasteiger partial charge >= 0.3 is 0 Å². The van der Waals surface area contributed by atoms with Gasteiger partial charge in [-0.3, -0.25) is 4.79 Å². The van der Waals surface area contributed by atoms with Crippen LogP contribution in [0.15, 0.2) is 15.9 Å². The predicted molar refractivity (Wildman–Crippen MR) is 67.2 cm³/mol. The summed E-state index contributed by atoms with van der Waals surface area (Å²) in [6.07, 6.45) is 3.90. The molecular formula is C12H15BrOS. The van der Waals surface area contributed by atoms with Crippen LogP contribution in [0, 0.1) is 11.8 Å².